The number of anilines is 1. The molecule has 7 nitrogen and oxygen atoms in total. The number of aryl methyl sites for hydroxylation is 1. The molecule has 1 heterocycles. The maximum Gasteiger partial charge on any atom is 0.309 e. The van der Waals surface area contributed by atoms with E-state index >= 15 is 0 Å². The van der Waals surface area contributed by atoms with Crippen LogP contribution in [0.3, 0.4) is 0 Å². The van der Waals surface area contributed by atoms with E-state index in [0.29, 0.717) is 44.6 Å². The van der Waals surface area contributed by atoms with Crippen molar-refractivity contribution in [3.8, 4) is 0 Å². The van der Waals surface area contributed by atoms with Crippen molar-refractivity contribution >= 4 is 27.6 Å². The van der Waals surface area contributed by atoms with Crippen molar-refractivity contribution in [2.24, 2.45) is 5.92 Å². The van der Waals surface area contributed by atoms with Crippen molar-refractivity contribution in [2.75, 3.05) is 30.3 Å². The van der Waals surface area contributed by atoms with Crippen LogP contribution in [0.4, 0.5) is 5.69 Å². The van der Waals surface area contributed by atoms with E-state index in [1.807, 2.05) is 19.9 Å². The first-order chi connectivity index (χ1) is 13.2. The topological polar surface area (TPSA) is 84.0 Å². The SMILES string of the molecule is CCOC(=O)C1CCN(C(=O)C(CC)N(c2cccc(C)c2)S(C)(=O)=O)CC1. The van der Waals surface area contributed by atoms with E-state index in [-0.39, 0.29) is 17.8 Å². The number of carbonyl (C=O) groups is 2. The fraction of sp³-hybridized carbons (Fsp3) is 0.600. The molecule has 0 aromatic heterocycles. The second-order valence-corrected chi connectivity index (χ2v) is 9.03. The van der Waals surface area contributed by atoms with Crippen LogP contribution in [0.15, 0.2) is 24.3 Å². The van der Waals surface area contributed by atoms with Crippen molar-refractivity contribution in [3.05, 3.63) is 29.8 Å². The Balaban J connectivity index is 2.20. The summed E-state index contributed by atoms with van der Waals surface area (Å²) in [6.07, 6.45) is 2.55. The summed E-state index contributed by atoms with van der Waals surface area (Å²) in [5.74, 6) is -0.650. The van der Waals surface area contributed by atoms with E-state index in [9.17, 15) is 18.0 Å². The minimum Gasteiger partial charge on any atom is -0.466 e. The third-order valence-electron chi connectivity index (χ3n) is 4.99. The molecule has 1 aliphatic rings. The number of ether oxygens (including phenoxy) is 1. The molecule has 0 radical (unpaired) electrons. The number of rotatable bonds is 7. The Morgan fingerprint density at radius 3 is 2.39 bits per heavy atom. The predicted octanol–water partition coefficient (Wildman–Crippen LogP) is 2.34. The van der Waals surface area contributed by atoms with Gasteiger partial charge in [0.15, 0.2) is 0 Å². The molecule has 0 aliphatic carbocycles. The van der Waals surface area contributed by atoms with Crippen molar-refractivity contribution in [2.45, 2.75) is 46.1 Å². The van der Waals surface area contributed by atoms with Gasteiger partial charge in [-0.3, -0.25) is 13.9 Å². The Bertz CT molecular complexity index is 801. The zero-order valence-corrected chi connectivity index (χ0v) is 17.9. The van der Waals surface area contributed by atoms with Crippen LogP contribution in [0, 0.1) is 12.8 Å². The van der Waals surface area contributed by atoms with Crippen LogP contribution in [0.1, 0.15) is 38.7 Å². The Morgan fingerprint density at radius 2 is 1.89 bits per heavy atom. The number of benzene rings is 1. The summed E-state index contributed by atoms with van der Waals surface area (Å²) in [6.45, 7) is 6.65. The number of sulfonamides is 1. The smallest absolute Gasteiger partial charge is 0.309 e. The van der Waals surface area contributed by atoms with E-state index in [2.05, 4.69) is 0 Å². The van der Waals surface area contributed by atoms with E-state index in [0.717, 1.165) is 11.8 Å². The van der Waals surface area contributed by atoms with Gasteiger partial charge in [0.25, 0.3) is 0 Å². The van der Waals surface area contributed by atoms with Crippen LogP contribution in [0.5, 0.6) is 0 Å². The number of piperidine rings is 1. The molecule has 1 aliphatic heterocycles. The second-order valence-electron chi connectivity index (χ2n) is 7.17. The maximum atomic E-state index is 13.2. The maximum absolute atomic E-state index is 13.2. The lowest BCUT2D eigenvalue weighted by Crippen LogP contribution is -2.52. The molecular formula is C20H30N2O5S. The summed E-state index contributed by atoms with van der Waals surface area (Å²) in [5, 5.41) is 0. The lowest BCUT2D eigenvalue weighted by atomic mass is 9.96. The first kappa shape index (κ1) is 22.2. The summed E-state index contributed by atoms with van der Waals surface area (Å²) in [5.41, 5.74) is 1.41. The highest BCUT2D eigenvalue weighted by molar-refractivity contribution is 7.92. The summed E-state index contributed by atoms with van der Waals surface area (Å²) < 4.78 is 31.4. The number of carbonyl (C=O) groups excluding carboxylic acids is 2. The highest BCUT2D eigenvalue weighted by atomic mass is 32.2. The second kappa shape index (κ2) is 9.41. The molecule has 1 fully saturated rings. The number of nitrogens with zero attached hydrogens (tertiary/aromatic N) is 2. The van der Waals surface area contributed by atoms with Gasteiger partial charge in [0.1, 0.15) is 6.04 Å². The normalized spacial score (nSPS) is 16.5. The van der Waals surface area contributed by atoms with Gasteiger partial charge in [-0.25, -0.2) is 8.42 Å². The molecule has 0 N–H and O–H groups in total. The van der Waals surface area contributed by atoms with E-state index in [4.69, 9.17) is 4.74 Å². The van der Waals surface area contributed by atoms with Gasteiger partial charge in [0.05, 0.1) is 24.5 Å². The van der Waals surface area contributed by atoms with Gasteiger partial charge in [-0.05, 0) is 50.8 Å². The fourth-order valence-corrected chi connectivity index (χ4v) is 4.81. The van der Waals surface area contributed by atoms with Gasteiger partial charge in [0.2, 0.25) is 15.9 Å². The molecule has 1 atom stereocenters. The third-order valence-corrected chi connectivity index (χ3v) is 6.17. The summed E-state index contributed by atoms with van der Waals surface area (Å²) >= 11 is 0. The third kappa shape index (κ3) is 5.25. The molecule has 1 unspecified atom stereocenters. The zero-order chi connectivity index (χ0) is 20.9. The molecule has 0 bridgehead atoms. The molecule has 0 spiro atoms. The molecule has 1 aromatic rings. The standard InChI is InChI=1S/C20H30N2O5S/c1-5-18(22(28(4,25)26)17-9-7-8-15(3)14-17)19(23)21-12-10-16(11-13-21)20(24)27-6-2/h7-9,14,16,18H,5-6,10-13H2,1-4H3. The molecular weight excluding hydrogens is 380 g/mol. The predicted molar refractivity (Wildman–Crippen MR) is 109 cm³/mol. The number of hydrogen-bond acceptors (Lipinski definition) is 5. The van der Waals surface area contributed by atoms with Gasteiger partial charge in [0, 0.05) is 13.1 Å². The molecule has 156 valence electrons. The lowest BCUT2D eigenvalue weighted by molar-refractivity contribution is -0.151. The fourth-order valence-electron chi connectivity index (χ4n) is 3.61. The zero-order valence-electron chi connectivity index (χ0n) is 17.1. The Morgan fingerprint density at radius 1 is 1.25 bits per heavy atom. The van der Waals surface area contributed by atoms with Crippen molar-refractivity contribution in [3.63, 3.8) is 0 Å². The molecule has 2 rings (SSSR count). The van der Waals surface area contributed by atoms with Crippen LogP contribution in [-0.2, 0) is 24.3 Å². The average Bonchev–Trinajstić information content (AvgIpc) is 2.64. The minimum atomic E-state index is -3.65. The Labute approximate surface area is 167 Å². The highest BCUT2D eigenvalue weighted by Crippen LogP contribution is 2.26. The van der Waals surface area contributed by atoms with Crippen LogP contribution in [0.2, 0.25) is 0 Å². The van der Waals surface area contributed by atoms with Crippen molar-refractivity contribution in [1.82, 2.24) is 4.90 Å². The molecule has 28 heavy (non-hydrogen) atoms. The summed E-state index contributed by atoms with van der Waals surface area (Å²) in [7, 11) is -3.65. The number of likely N-dealkylation sites (tertiary alicyclic amines) is 1. The Kier molecular flexibility index (Phi) is 7.46. The average molecular weight is 411 g/mol. The lowest BCUT2D eigenvalue weighted by Gasteiger charge is -2.37. The quantitative estimate of drug-likeness (QED) is 0.644. The van der Waals surface area contributed by atoms with E-state index in [1.165, 1.54) is 4.31 Å². The van der Waals surface area contributed by atoms with Gasteiger partial charge in [-0.1, -0.05) is 19.1 Å². The molecule has 1 aromatic carbocycles. The largest absolute Gasteiger partial charge is 0.466 e. The van der Waals surface area contributed by atoms with E-state index < -0.39 is 16.1 Å². The van der Waals surface area contributed by atoms with Crippen molar-refractivity contribution < 1.29 is 22.7 Å². The van der Waals surface area contributed by atoms with Gasteiger partial charge in [-0.2, -0.15) is 0 Å². The van der Waals surface area contributed by atoms with Gasteiger partial charge in [-0.15, -0.1) is 0 Å². The van der Waals surface area contributed by atoms with E-state index in [1.54, 1.807) is 30.0 Å². The first-order valence-corrected chi connectivity index (χ1v) is 11.5. The first-order valence-electron chi connectivity index (χ1n) is 9.70. The Hall–Kier alpha value is -2.09. The van der Waals surface area contributed by atoms with Gasteiger partial charge < -0.3 is 9.64 Å². The molecule has 0 saturated carbocycles. The van der Waals surface area contributed by atoms with Crippen molar-refractivity contribution in [1.29, 1.82) is 0 Å². The molecule has 1 saturated heterocycles. The summed E-state index contributed by atoms with van der Waals surface area (Å²) in [6, 6.07) is 6.33. The molecule has 8 heteroatoms. The van der Waals surface area contributed by atoms with Crippen LogP contribution in [0.25, 0.3) is 0 Å². The van der Waals surface area contributed by atoms with Gasteiger partial charge >= 0.3 is 5.97 Å². The molecule has 1 amide bonds. The summed E-state index contributed by atoms with van der Waals surface area (Å²) in [4.78, 5) is 26.8. The highest BCUT2D eigenvalue weighted by Gasteiger charge is 2.36. The van der Waals surface area contributed by atoms with Crippen LogP contribution >= 0.6 is 0 Å². The van der Waals surface area contributed by atoms with Crippen LogP contribution in [-0.4, -0.2) is 57.2 Å². The monoisotopic (exact) mass is 410 g/mol. The number of esters is 1. The number of hydrogen-bond donors (Lipinski definition) is 0. The number of amides is 1. The van der Waals surface area contributed by atoms with Crippen LogP contribution < -0.4 is 4.31 Å². The minimum absolute atomic E-state index is 0.202.